The zero-order chi connectivity index (χ0) is 22.7. The number of benzene rings is 2. The monoisotopic (exact) mass is 457 g/mol. The first-order chi connectivity index (χ1) is 15.5. The summed E-state index contributed by atoms with van der Waals surface area (Å²) in [5.74, 6) is -1.27. The number of aliphatic hydroxyl groups is 1. The first kappa shape index (κ1) is 22.1. The molecule has 32 heavy (non-hydrogen) atoms. The topological polar surface area (TPSA) is 93.4 Å². The van der Waals surface area contributed by atoms with Crippen LogP contribution in [0.3, 0.4) is 0 Å². The van der Waals surface area contributed by atoms with E-state index in [9.17, 15) is 19.1 Å². The number of aromatic nitrogens is 2. The number of carbonyl (C=O) groups excluding carboxylic acids is 1. The second-order valence-electron chi connectivity index (χ2n) is 7.51. The lowest BCUT2D eigenvalue weighted by molar-refractivity contribution is 0.0875. The van der Waals surface area contributed by atoms with Crippen LogP contribution in [0.2, 0.25) is 5.02 Å². The molecule has 166 valence electrons. The minimum atomic E-state index is -0.719. The molecule has 2 aromatic carbocycles. The molecule has 0 bridgehead atoms. The van der Waals surface area contributed by atoms with E-state index in [1.54, 1.807) is 24.3 Å². The van der Waals surface area contributed by atoms with E-state index in [0.717, 1.165) is 10.7 Å². The summed E-state index contributed by atoms with van der Waals surface area (Å²) in [7, 11) is 0. The number of carbonyl (C=O) groups is 1. The van der Waals surface area contributed by atoms with Crippen LogP contribution in [0.4, 0.5) is 4.39 Å². The first-order valence-corrected chi connectivity index (χ1v) is 10.5. The van der Waals surface area contributed by atoms with Crippen molar-refractivity contribution >= 4 is 17.5 Å². The third-order valence-electron chi connectivity index (χ3n) is 5.41. The minimum Gasteiger partial charge on any atom is -0.394 e. The molecule has 1 fully saturated rings. The first-order valence-electron chi connectivity index (χ1n) is 10.1. The van der Waals surface area contributed by atoms with Crippen molar-refractivity contribution in [1.82, 2.24) is 15.1 Å². The van der Waals surface area contributed by atoms with Gasteiger partial charge in [0.05, 0.1) is 35.7 Å². The van der Waals surface area contributed by atoms with Gasteiger partial charge in [0.25, 0.3) is 11.5 Å². The van der Waals surface area contributed by atoms with Gasteiger partial charge in [-0.3, -0.25) is 9.59 Å². The van der Waals surface area contributed by atoms with Gasteiger partial charge in [0.2, 0.25) is 0 Å². The largest absolute Gasteiger partial charge is 0.394 e. The quantitative estimate of drug-likeness (QED) is 0.593. The van der Waals surface area contributed by atoms with Crippen molar-refractivity contribution in [1.29, 1.82) is 0 Å². The molecule has 2 unspecified atom stereocenters. The molecule has 1 aliphatic rings. The molecule has 4 rings (SSSR count). The predicted molar refractivity (Wildman–Crippen MR) is 118 cm³/mol. The highest BCUT2D eigenvalue weighted by Gasteiger charge is 2.28. The molecule has 1 saturated heterocycles. The number of amides is 1. The summed E-state index contributed by atoms with van der Waals surface area (Å²) in [4.78, 5) is 26.3. The second-order valence-corrected chi connectivity index (χ2v) is 7.91. The maximum Gasteiger partial charge on any atom is 0.284 e. The zero-order valence-electron chi connectivity index (χ0n) is 17.0. The molecule has 3 aromatic rings. The molecule has 2 atom stereocenters. The van der Waals surface area contributed by atoms with Crippen molar-refractivity contribution in [2.75, 3.05) is 19.8 Å². The van der Waals surface area contributed by atoms with Crippen molar-refractivity contribution < 1.29 is 19.0 Å². The minimum absolute atomic E-state index is 0.0562. The van der Waals surface area contributed by atoms with E-state index < -0.39 is 23.3 Å². The van der Waals surface area contributed by atoms with Crippen LogP contribution in [0.1, 0.15) is 16.8 Å². The molecule has 7 nitrogen and oxygen atoms in total. The molecule has 1 aliphatic heterocycles. The van der Waals surface area contributed by atoms with Crippen molar-refractivity contribution in [3.05, 3.63) is 81.4 Å². The number of hydrogen-bond acceptors (Lipinski definition) is 5. The van der Waals surface area contributed by atoms with Gasteiger partial charge in [-0.05, 0) is 36.8 Å². The van der Waals surface area contributed by atoms with Crippen LogP contribution >= 0.6 is 11.6 Å². The smallest absolute Gasteiger partial charge is 0.284 e. The molecule has 9 heteroatoms. The van der Waals surface area contributed by atoms with Crippen LogP contribution in [-0.2, 0) is 4.74 Å². The number of rotatable bonds is 6. The van der Waals surface area contributed by atoms with Crippen LogP contribution in [0, 0.1) is 11.7 Å². The van der Waals surface area contributed by atoms with Gasteiger partial charge in [-0.15, -0.1) is 0 Å². The predicted octanol–water partition coefficient (Wildman–Crippen LogP) is 2.82. The molecular formula is C23H21ClFN3O4. The highest BCUT2D eigenvalue weighted by atomic mass is 35.5. The molecule has 2 heterocycles. The number of aliphatic hydroxyl groups excluding tert-OH is 1. The third-order valence-corrected chi connectivity index (χ3v) is 5.74. The number of nitrogens with zero attached hydrogens (tertiary/aromatic N) is 2. The van der Waals surface area contributed by atoms with E-state index in [1.807, 2.05) is 0 Å². The Bertz CT molecular complexity index is 1190. The van der Waals surface area contributed by atoms with Crippen molar-refractivity contribution in [2.45, 2.75) is 12.5 Å². The van der Waals surface area contributed by atoms with Gasteiger partial charge in [-0.25, -0.2) is 4.39 Å². The van der Waals surface area contributed by atoms with E-state index in [1.165, 1.54) is 24.3 Å². The molecule has 0 saturated carbocycles. The number of ether oxygens (including phenoxy) is 1. The van der Waals surface area contributed by atoms with Gasteiger partial charge in [0.1, 0.15) is 11.4 Å². The Balaban J connectivity index is 1.81. The average Bonchev–Trinajstić information content (AvgIpc) is 3.32. The maximum atomic E-state index is 13.8. The van der Waals surface area contributed by atoms with Crippen LogP contribution < -0.4 is 10.9 Å². The van der Waals surface area contributed by atoms with Crippen molar-refractivity contribution in [3.63, 3.8) is 0 Å². The molecule has 1 aromatic heterocycles. The summed E-state index contributed by atoms with van der Waals surface area (Å²) < 4.78 is 20.2. The fourth-order valence-electron chi connectivity index (χ4n) is 3.67. The SMILES string of the molecule is O=C(NC(CO)C1CCOC1)c1cc(-c2ccccc2Cl)nn(-c2cccc(F)c2)c1=O. The summed E-state index contributed by atoms with van der Waals surface area (Å²) in [5, 5.41) is 17.2. The number of nitrogens with one attached hydrogen (secondary N) is 1. The third kappa shape index (κ3) is 4.57. The standard InChI is InChI=1S/C23H21ClFN3O4/c24-19-7-2-1-6-17(19)20-11-18(22(30)26-21(12-29)14-8-9-32-13-14)23(31)28(27-20)16-5-3-4-15(25)10-16/h1-7,10-11,14,21,29H,8-9,12-13H2,(H,26,30). The summed E-state index contributed by atoms with van der Waals surface area (Å²) in [6.07, 6.45) is 0.695. The Labute approximate surface area is 188 Å². The normalized spacial score (nSPS) is 16.7. The van der Waals surface area contributed by atoms with E-state index in [-0.39, 0.29) is 29.5 Å². The summed E-state index contributed by atoms with van der Waals surface area (Å²) in [6.45, 7) is 0.676. The van der Waals surface area contributed by atoms with Gasteiger partial charge in [0, 0.05) is 18.1 Å². The van der Waals surface area contributed by atoms with Crippen LogP contribution in [-0.4, -0.2) is 46.7 Å². The van der Waals surface area contributed by atoms with Crippen molar-refractivity contribution in [3.8, 4) is 16.9 Å². The van der Waals surface area contributed by atoms with E-state index in [2.05, 4.69) is 10.4 Å². The van der Waals surface area contributed by atoms with Gasteiger partial charge >= 0.3 is 0 Å². The van der Waals surface area contributed by atoms with E-state index >= 15 is 0 Å². The maximum absolute atomic E-state index is 13.8. The number of halogens is 2. The van der Waals surface area contributed by atoms with Crippen LogP contribution in [0.25, 0.3) is 16.9 Å². The Morgan fingerprint density at radius 2 is 2.09 bits per heavy atom. The lowest BCUT2D eigenvalue weighted by Gasteiger charge is -2.21. The average molecular weight is 458 g/mol. The lowest BCUT2D eigenvalue weighted by Crippen LogP contribution is -2.45. The van der Waals surface area contributed by atoms with E-state index in [4.69, 9.17) is 16.3 Å². The van der Waals surface area contributed by atoms with Gasteiger partial charge in [-0.2, -0.15) is 9.78 Å². The number of hydrogen-bond donors (Lipinski definition) is 2. The highest BCUT2D eigenvalue weighted by molar-refractivity contribution is 6.33. The molecule has 1 amide bonds. The molecule has 0 spiro atoms. The summed E-state index contributed by atoms with van der Waals surface area (Å²) in [6, 6.07) is 13.0. The Morgan fingerprint density at radius 1 is 1.28 bits per heavy atom. The van der Waals surface area contributed by atoms with Crippen LogP contribution in [0.15, 0.2) is 59.4 Å². The Kier molecular flexibility index (Phi) is 6.64. The second kappa shape index (κ2) is 9.60. The van der Waals surface area contributed by atoms with Crippen molar-refractivity contribution in [2.24, 2.45) is 5.92 Å². The fraction of sp³-hybridized carbons (Fsp3) is 0.261. The lowest BCUT2D eigenvalue weighted by atomic mass is 9.99. The summed E-state index contributed by atoms with van der Waals surface area (Å²) >= 11 is 6.31. The van der Waals surface area contributed by atoms with Gasteiger partial charge in [0.15, 0.2) is 0 Å². The molecule has 0 radical (unpaired) electrons. The zero-order valence-corrected chi connectivity index (χ0v) is 17.8. The molecular weight excluding hydrogens is 437 g/mol. The van der Waals surface area contributed by atoms with Gasteiger partial charge < -0.3 is 15.2 Å². The van der Waals surface area contributed by atoms with Crippen LogP contribution in [0.5, 0.6) is 0 Å². The highest BCUT2D eigenvalue weighted by Crippen LogP contribution is 2.26. The molecule has 2 N–H and O–H groups in total. The Morgan fingerprint density at radius 3 is 2.78 bits per heavy atom. The fourth-order valence-corrected chi connectivity index (χ4v) is 3.90. The Hall–Kier alpha value is -3.07. The van der Waals surface area contributed by atoms with Gasteiger partial charge in [-0.1, -0.05) is 35.9 Å². The van der Waals surface area contributed by atoms with E-state index in [0.29, 0.717) is 30.2 Å². The molecule has 0 aliphatic carbocycles. The summed E-state index contributed by atoms with van der Waals surface area (Å²) in [5.41, 5.74) is 0.0336.